The van der Waals surface area contributed by atoms with Gasteiger partial charge < -0.3 is 11.1 Å². The van der Waals surface area contributed by atoms with Crippen LogP contribution in [-0.4, -0.2) is 37.0 Å². The number of nitrogens with one attached hydrogen (secondary N) is 1. The molecule has 98 valence electrons. The molecule has 1 amide bonds. The van der Waals surface area contributed by atoms with Crippen molar-refractivity contribution in [3.05, 3.63) is 35.4 Å². The number of amides is 1. The SMILES string of the molecule is CN(Cc1ccc(C(N)=O)cc1)C1CCCNC1. The predicted octanol–water partition coefficient (Wildman–Crippen LogP) is 0.969. The smallest absolute Gasteiger partial charge is 0.248 e. The van der Waals surface area contributed by atoms with Gasteiger partial charge in [0.25, 0.3) is 0 Å². The number of benzene rings is 1. The monoisotopic (exact) mass is 247 g/mol. The molecular formula is C14H21N3O. The average Bonchev–Trinajstić information content (AvgIpc) is 2.40. The van der Waals surface area contributed by atoms with Crippen molar-refractivity contribution in [1.29, 1.82) is 0 Å². The van der Waals surface area contributed by atoms with Crippen LogP contribution in [0.1, 0.15) is 28.8 Å². The van der Waals surface area contributed by atoms with Gasteiger partial charge in [0.15, 0.2) is 0 Å². The van der Waals surface area contributed by atoms with Crippen molar-refractivity contribution < 1.29 is 4.79 Å². The molecular weight excluding hydrogens is 226 g/mol. The third-order valence-electron chi connectivity index (χ3n) is 3.56. The van der Waals surface area contributed by atoms with Gasteiger partial charge in [0.2, 0.25) is 5.91 Å². The fraction of sp³-hybridized carbons (Fsp3) is 0.500. The molecule has 1 heterocycles. The van der Waals surface area contributed by atoms with Gasteiger partial charge in [-0.2, -0.15) is 0 Å². The molecule has 0 bridgehead atoms. The molecule has 1 fully saturated rings. The number of rotatable bonds is 4. The van der Waals surface area contributed by atoms with Crippen LogP contribution in [0, 0.1) is 0 Å². The summed E-state index contributed by atoms with van der Waals surface area (Å²) in [6, 6.07) is 8.16. The molecule has 1 aliphatic rings. The van der Waals surface area contributed by atoms with Gasteiger partial charge in [0, 0.05) is 24.7 Å². The highest BCUT2D eigenvalue weighted by molar-refractivity contribution is 5.92. The molecule has 1 aliphatic heterocycles. The van der Waals surface area contributed by atoms with E-state index in [-0.39, 0.29) is 5.91 Å². The molecule has 1 atom stereocenters. The molecule has 1 saturated heterocycles. The summed E-state index contributed by atoms with van der Waals surface area (Å²) in [6.07, 6.45) is 2.50. The first-order valence-corrected chi connectivity index (χ1v) is 6.46. The average molecular weight is 247 g/mol. The Morgan fingerprint density at radius 2 is 2.17 bits per heavy atom. The molecule has 0 aromatic heterocycles. The van der Waals surface area contributed by atoms with Crippen LogP contribution in [0.2, 0.25) is 0 Å². The Kier molecular flexibility index (Phi) is 4.33. The maximum Gasteiger partial charge on any atom is 0.248 e. The third kappa shape index (κ3) is 3.31. The Bertz CT molecular complexity index is 396. The van der Waals surface area contributed by atoms with Crippen molar-refractivity contribution in [2.45, 2.75) is 25.4 Å². The van der Waals surface area contributed by atoms with Crippen LogP contribution in [0.3, 0.4) is 0 Å². The van der Waals surface area contributed by atoms with Crippen molar-refractivity contribution in [2.24, 2.45) is 5.73 Å². The third-order valence-corrected chi connectivity index (χ3v) is 3.56. The first-order valence-electron chi connectivity index (χ1n) is 6.46. The van der Waals surface area contributed by atoms with E-state index in [4.69, 9.17) is 5.73 Å². The molecule has 0 spiro atoms. The number of hydrogen-bond acceptors (Lipinski definition) is 3. The van der Waals surface area contributed by atoms with Gasteiger partial charge in [-0.05, 0) is 44.1 Å². The highest BCUT2D eigenvalue weighted by Gasteiger charge is 2.17. The highest BCUT2D eigenvalue weighted by Crippen LogP contribution is 2.13. The van der Waals surface area contributed by atoms with Gasteiger partial charge in [-0.25, -0.2) is 0 Å². The van der Waals surface area contributed by atoms with E-state index in [2.05, 4.69) is 17.3 Å². The van der Waals surface area contributed by atoms with E-state index in [9.17, 15) is 4.79 Å². The quantitative estimate of drug-likeness (QED) is 0.833. The highest BCUT2D eigenvalue weighted by atomic mass is 16.1. The molecule has 2 rings (SSSR count). The second kappa shape index (κ2) is 5.98. The lowest BCUT2D eigenvalue weighted by atomic mass is 10.1. The number of carbonyl (C=O) groups excluding carboxylic acids is 1. The normalized spacial score (nSPS) is 20.0. The molecule has 4 heteroatoms. The molecule has 1 unspecified atom stereocenters. The maximum absolute atomic E-state index is 11.0. The summed E-state index contributed by atoms with van der Waals surface area (Å²) >= 11 is 0. The molecule has 18 heavy (non-hydrogen) atoms. The number of likely N-dealkylation sites (N-methyl/N-ethyl adjacent to an activating group) is 1. The number of primary amides is 1. The zero-order chi connectivity index (χ0) is 13.0. The number of nitrogens with two attached hydrogens (primary N) is 1. The second-order valence-corrected chi connectivity index (χ2v) is 4.98. The summed E-state index contributed by atoms with van der Waals surface area (Å²) in [5.74, 6) is -0.369. The van der Waals surface area contributed by atoms with Crippen LogP contribution in [-0.2, 0) is 6.54 Å². The number of carbonyl (C=O) groups is 1. The number of nitrogens with zero attached hydrogens (tertiary/aromatic N) is 1. The summed E-state index contributed by atoms with van der Waals surface area (Å²) in [7, 11) is 2.15. The predicted molar refractivity (Wildman–Crippen MR) is 72.3 cm³/mol. The Morgan fingerprint density at radius 1 is 1.44 bits per heavy atom. The van der Waals surface area contributed by atoms with Crippen LogP contribution < -0.4 is 11.1 Å². The standard InChI is InChI=1S/C14H21N3O/c1-17(13-3-2-8-16-9-13)10-11-4-6-12(7-5-11)14(15)18/h4-7,13,16H,2-3,8-10H2,1H3,(H2,15,18). The van der Waals surface area contributed by atoms with E-state index in [1.807, 2.05) is 12.1 Å². The molecule has 1 aromatic rings. The summed E-state index contributed by atoms with van der Waals surface area (Å²) in [4.78, 5) is 13.4. The van der Waals surface area contributed by atoms with Crippen LogP contribution in [0.5, 0.6) is 0 Å². The lowest BCUT2D eigenvalue weighted by molar-refractivity contribution is 0.100. The minimum Gasteiger partial charge on any atom is -0.366 e. The minimum absolute atomic E-state index is 0.369. The van der Waals surface area contributed by atoms with Crippen LogP contribution in [0.4, 0.5) is 0 Å². The van der Waals surface area contributed by atoms with E-state index < -0.39 is 0 Å². The van der Waals surface area contributed by atoms with Crippen LogP contribution in [0.25, 0.3) is 0 Å². The zero-order valence-corrected chi connectivity index (χ0v) is 10.9. The van der Waals surface area contributed by atoms with E-state index in [1.54, 1.807) is 12.1 Å². The number of hydrogen-bond donors (Lipinski definition) is 2. The Morgan fingerprint density at radius 3 is 2.72 bits per heavy atom. The Hall–Kier alpha value is -1.39. The van der Waals surface area contributed by atoms with Crippen molar-refractivity contribution >= 4 is 5.91 Å². The number of piperidine rings is 1. The first kappa shape index (κ1) is 13.1. The van der Waals surface area contributed by atoms with Crippen LogP contribution in [0.15, 0.2) is 24.3 Å². The van der Waals surface area contributed by atoms with E-state index >= 15 is 0 Å². The van der Waals surface area contributed by atoms with Gasteiger partial charge >= 0.3 is 0 Å². The minimum atomic E-state index is -0.369. The fourth-order valence-electron chi connectivity index (χ4n) is 2.40. The van der Waals surface area contributed by atoms with Gasteiger partial charge in [-0.15, -0.1) is 0 Å². The van der Waals surface area contributed by atoms with Crippen molar-refractivity contribution in [3.8, 4) is 0 Å². The van der Waals surface area contributed by atoms with Crippen molar-refractivity contribution in [3.63, 3.8) is 0 Å². The van der Waals surface area contributed by atoms with Crippen molar-refractivity contribution in [2.75, 3.05) is 20.1 Å². The molecule has 0 aliphatic carbocycles. The van der Waals surface area contributed by atoms with Gasteiger partial charge in [0.1, 0.15) is 0 Å². The van der Waals surface area contributed by atoms with Gasteiger partial charge in [0.05, 0.1) is 0 Å². The maximum atomic E-state index is 11.0. The lowest BCUT2D eigenvalue weighted by Gasteiger charge is -2.31. The van der Waals surface area contributed by atoms with E-state index in [0.717, 1.165) is 19.6 Å². The summed E-state index contributed by atoms with van der Waals surface area (Å²) < 4.78 is 0. The molecule has 0 saturated carbocycles. The summed E-state index contributed by atoms with van der Waals surface area (Å²) in [5, 5.41) is 3.42. The van der Waals surface area contributed by atoms with E-state index in [0.29, 0.717) is 11.6 Å². The van der Waals surface area contributed by atoms with Crippen LogP contribution >= 0.6 is 0 Å². The molecule has 3 N–H and O–H groups in total. The first-order chi connectivity index (χ1) is 8.66. The van der Waals surface area contributed by atoms with E-state index in [1.165, 1.54) is 18.4 Å². The van der Waals surface area contributed by atoms with Crippen molar-refractivity contribution in [1.82, 2.24) is 10.2 Å². The summed E-state index contributed by atoms with van der Waals surface area (Å²) in [6.45, 7) is 3.11. The largest absolute Gasteiger partial charge is 0.366 e. The second-order valence-electron chi connectivity index (χ2n) is 4.98. The van der Waals surface area contributed by atoms with Gasteiger partial charge in [-0.1, -0.05) is 12.1 Å². The molecule has 4 nitrogen and oxygen atoms in total. The topological polar surface area (TPSA) is 58.4 Å². The lowest BCUT2D eigenvalue weighted by Crippen LogP contribution is -2.43. The molecule has 0 radical (unpaired) electrons. The summed E-state index contributed by atoms with van der Waals surface area (Å²) in [5.41, 5.74) is 7.01. The fourth-order valence-corrected chi connectivity index (χ4v) is 2.40. The zero-order valence-electron chi connectivity index (χ0n) is 10.9. The van der Waals surface area contributed by atoms with Gasteiger partial charge in [-0.3, -0.25) is 9.69 Å². The Balaban J connectivity index is 1.93. The Labute approximate surface area is 108 Å². The molecule has 1 aromatic carbocycles.